The van der Waals surface area contributed by atoms with Gasteiger partial charge in [0.25, 0.3) is 0 Å². The first-order chi connectivity index (χ1) is 13.6. The van der Waals surface area contributed by atoms with E-state index in [9.17, 15) is 18.0 Å². The number of anilines is 1. The molecule has 2 aromatic carbocycles. The van der Waals surface area contributed by atoms with Crippen molar-refractivity contribution in [2.75, 3.05) is 5.32 Å². The number of carbonyl (C=O) groups excluding carboxylic acids is 2. The van der Waals surface area contributed by atoms with E-state index in [-0.39, 0.29) is 28.5 Å². The van der Waals surface area contributed by atoms with E-state index in [4.69, 9.17) is 4.18 Å². The van der Waals surface area contributed by atoms with Crippen molar-refractivity contribution >= 4 is 27.6 Å². The van der Waals surface area contributed by atoms with E-state index in [1.165, 1.54) is 38.1 Å². The minimum absolute atomic E-state index is 0.0260. The molecule has 0 unspecified atom stereocenters. The molecule has 1 N–H and O–H groups in total. The molecule has 0 bridgehead atoms. The Morgan fingerprint density at radius 2 is 1.76 bits per heavy atom. The Bertz CT molecular complexity index is 971. The predicted octanol–water partition coefficient (Wildman–Crippen LogP) is 3.56. The molecule has 1 atom stereocenters. The number of carbonyl (C=O) groups is 2. The van der Waals surface area contributed by atoms with Crippen LogP contribution < -0.4 is 9.50 Å². The molecule has 0 aliphatic heterocycles. The molecule has 156 valence electrons. The Balaban J connectivity index is 2.18. The monoisotopic (exact) mass is 418 g/mol. The van der Waals surface area contributed by atoms with Crippen molar-refractivity contribution in [2.24, 2.45) is 0 Å². The van der Waals surface area contributed by atoms with Gasteiger partial charge in [-0.1, -0.05) is 19.1 Å². The van der Waals surface area contributed by atoms with Crippen LogP contribution in [0.3, 0.4) is 0 Å². The average Bonchev–Trinajstić information content (AvgIpc) is 2.65. The molecule has 29 heavy (non-hydrogen) atoms. The van der Waals surface area contributed by atoms with E-state index in [2.05, 4.69) is 5.32 Å². The van der Waals surface area contributed by atoms with Crippen molar-refractivity contribution < 1.29 is 22.2 Å². The number of amides is 2. The maximum Gasteiger partial charge on any atom is 0.339 e. The third-order valence-corrected chi connectivity index (χ3v) is 5.71. The summed E-state index contributed by atoms with van der Waals surface area (Å²) in [6.07, 6.45) is 0.818. The van der Waals surface area contributed by atoms with Crippen LogP contribution in [0.25, 0.3) is 0 Å². The molecule has 0 heterocycles. The lowest BCUT2D eigenvalue weighted by Crippen LogP contribution is -2.36. The first-order valence-electron chi connectivity index (χ1n) is 9.30. The number of nitrogens with zero attached hydrogens (tertiary/aromatic N) is 1. The molecule has 8 heteroatoms. The van der Waals surface area contributed by atoms with Gasteiger partial charge in [-0.2, -0.15) is 8.42 Å². The van der Waals surface area contributed by atoms with Gasteiger partial charge in [0.15, 0.2) is 0 Å². The van der Waals surface area contributed by atoms with Crippen LogP contribution in [-0.2, 0) is 26.3 Å². The van der Waals surface area contributed by atoms with Gasteiger partial charge in [0, 0.05) is 32.1 Å². The highest BCUT2D eigenvalue weighted by Crippen LogP contribution is 2.22. The lowest BCUT2D eigenvalue weighted by atomic mass is 10.1. The summed E-state index contributed by atoms with van der Waals surface area (Å²) in [5, 5.41) is 2.57. The van der Waals surface area contributed by atoms with Crippen molar-refractivity contribution in [2.45, 2.75) is 51.6 Å². The molecule has 7 nitrogen and oxygen atoms in total. The summed E-state index contributed by atoms with van der Waals surface area (Å²) in [7, 11) is -4.03. The van der Waals surface area contributed by atoms with Crippen molar-refractivity contribution in [3.8, 4) is 5.75 Å². The smallest absolute Gasteiger partial charge is 0.339 e. The Morgan fingerprint density at radius 1 is 1.10 bits per heavy atom. The van der Waals surface area contributed by atoms with Crippen LogP contribution in [0.2, 0.25) is 0 Å². The van der Waals surface area contributed by atoms with Gasteiger partial charge >= 0.3 is 10.1 Å². The quantitative estimate of drug-likeness (QED) is 0.662. The molecule has 0 fully saturated rings. The van der Waals surface area contributed by atoms with Crippen LogP contribution in [-0.4, -0.2) is 31.2 Å². The Kier molecular flexibility index (Phi) is 7.39. The van der Waals surface area contributed by atoms with Crippen LogP contribution in [0.5, 0.6) is 5.75 Å². The van der Waals surface area contributed by atoms with E-state index in [0.29, 0.717) is 12.2 Å². The maximum atomic E-state index is 12.6. The van der Waals surface area contributed by atoms with E-state index in [1.807, 2.05) is 19.9 Å². The second-order valence-electron chi connectivity index (χ2n) is 6.79. The molecule has 0 aliphatic carbocycles. The number of benzene rings is 2. The normalized spacial score (nSPS) is 12.1. The Labute approximate surface area is 171 Å². The number of hydrogen-bond acceptors (Lipinski definition) is 5. The van der Waals surface area contributed by atoms with Gasteiger partial charge in [0.2, 0.25) is 11.8 Å². The highest BCUT2D eigenvalue weighted by atomic mass is 32.2. The fourth-order valence-electron chi connectivity index (χ4n) is 2.77. The first-order valence-corrected chi connectivity index (χ1v) is 10.7. The minimum atomic E-state index is -4.03. The van der Waals surface area contributed by atoms with Gasteiger partial charge in [-0.05, 0) is 55.3 Å². The van der Waals surface area contributed by atoms with Crippen LogP contribution in [0.1, 0.15) is 39.7 Å². The standard InChI is InChI=1S/C21H26N2O5S/c1-5-15(2)23(17(4)25)14-18-7-6-8-20(13-18)28-29(26,27)21-11-9-19(10-12-21)22-16(3)24/h6-13,15H,5,14H2,1-4H3,(H,22,24)/t15-/m0/s1. The van der Waals surface area contributed by atoms with Crippen molar-refractivity contribution in [1.29, 1.82) is 0 Å². The fraction of sp³-hybridized carbons (Fsp3) is 0.333. The molecule has 0 radical (unpaired) electrons. The first kappa shape index (κ1) is 22.4. The maximum absolute atomic E-state index is 12.6. The minimum Gasteiger partial charge on any atom is -0.379 e. The van der Waals surface area contributed by atoms with Gasteiger partial charge in [-0.3, -0.25) is 9.59 Å². The summed E-state index contributed by atoms with van der Waals surface area (Å²) >= 11 is 0. The van der Waals surface area contributed by atoms with Crippen LogP contribution in [0.15, 0.2) is 53.4 Å². The molecule has 0 aromatic heterocycles. The van der Waals surface area contributed by atoms with Crippen LogP contribution in [0, 0.1) is 0 Å². The SMILES string of the molecule is CC[C@H](C)N(Cc1cccc(OS(=O)(=O)c2ccc(NC(C)=O)cc2)c1)C(C)=O. The summed E-state index contributed by atoms with van der Waals surface area (Å²) in [6.45, 7) is 7.23. The van der Waals surface area contributed by atoms with Crippen molar-refractivity contribution in [1.82, 2.24) is 4.90 Å². The van der Waals surface area contributed by atoms with Crippen molar-refractivity contribution in [3.63, 3.8) is 0 Å². The Morgan fingerprint density at radius 3 is 2.31 bits per heavy atom. The second kappa shape index (κ2) is 9.56. The zero-order valence-electron chi connectivity index (χ0n) is 17.0. The molecule has 0 saturated carbocycles. The molecule has 0 aliphatic rings. The van der Waals surface area contributed by atoms with Crippen LogP contribution in [0.4, 0.5) is 5.69 Å². The highest BCUT2D eigenvalue weighted by molar-refractivity contribution is 7.87. The van der Waals surface area contributed by atoms with Gasteiger partial charge in [0.1, 0.15) is 10.6 Å². The summed E-state index contributed by atoms with van der Waals surface area (Å²) < 4.78 is 30.4. The predicted molar refractivity (Wildman–Crippen MR) is 111 cm³/mol. The summed E-state index contributed by atoms with van der Waals surface area (Å²) in [5.74, 6) is -0.121. The van der Waals surface area contributed by atoms with E-state index >= 15 is 0 Å². The molecular weight excluding hydrogens is 392 g/mol. The third kappa shape index (κ3) is 6.32. The zero-order valence-corrected chi connectivity index (χ0v) is 17.8. The molecular formula is C21H26N2O5S. The van der Waals surface area contributed by atoms with E-state index in [1.54, 1.807) is 23.1 Å². The molecule has 2 amide bonds. The Hall–Kier alpha value is -2.87. The molecule has 2 aromatic rings. The second-order valence-corrected chi connectivity index (χ2v) is 8.34. The molecule has 2 rings (SSSR count). The van der Waals surface area contributed by atoms with Gasteiger partial charge < -0.3 is 14.4 Å². The number of nitrogens with one attached hydrogen (secondary N) is 1. The average molecular weight is 419 g/mol. The summed E-state index contributed by atoms with van der Waals surface area (Å²) in [4.78, 5) is 24.7. The van der Waals surface area contributed by atoms with Crippen molar-refractivity contribution in [3.05, 3.63) is 54.1 Å². The number of hydrogen-bond donors (Lipinski definition) is 1. The number of rotatable bonds is 8. The lowest BCUT2D eigenvalue weighted by Gasteiger charge is -2.27. The zero-order chi connectivity index (χ0) is 21.6. The summed E-state index contributed by atoms with van der Waals surface area (Å²) in [6, 6.07) is 12.5. The van der Waals surface area contributed by atoms with E-state index in [0.717, 1.165) is 12.0 Å². The van der Waals surface area contributed by atoms with Crippen LogP contribution >= 0.6 is 0 Å². The lowest BCUT2D eigenvalue weighted by molar-refractivity contribution is -0.131. The summed E-state index contributed by atoms with van der Waals surface area (Å²) in [5.41, 5.74) is 1.27. The third-order valence-electron chi connectivity index (χ3n) is 4.45. The van der Waals surface area contributed by atoms with Gasteiger partial charge in [-0.25, -0.2) is 0 Å². The molecule has 0 spiro atoms. The largest absolute Gasteiger partial charge is 0.379 e. The molecule has 0 saturated heterocycles. The fourth-order valence-corrected chi connectivity index (χ4v) is 3.70. The topological polar surface area (TPSA) is 92.8 Å². The highest BCUT2D eigenvalue weighted by Gasteiger charge is 2.19. The van der Waals surface area contributed by atoms with E-state index < -0.39 is 10.1 Å². The van der Waals surface area contributed by atoms with Gasteiger partial charge in [-0.15, -0.1) is 0 Å². The van der Waals surface area contributed by atoms with Gasteiger partial charge in [0.05, 0.1) is 0 Å².